The molecule has 0 aliphatic carbocycles. The number of hydrogen-bond donors (Lipinski definition) is 1. The van der Waals surface area contributed by atoms with Crippen LogP contribution in [-0.4, -0.2) is 39.4 Å². The van der Waals surface area contributed by atoms with E-state index in [1.807, 2.05) is 24.3 Å². The summed E-state index contributed by atoms with van der Waals surface area (Å²) in [5.41, 5.74) is 2.26. The van der Waals surface area contributed by atoms with Crippen molar-refractivity contribution in [3.05, 3.63) is 77.5 Å². The number of amides is 1. The van der Waals surface area contributed by atoms with Gasteiger partial charge in [0.25, 0.3) is 5.91 Å². The highest BCUT2D eigenvalue weighted by Crippen LogP contribution is 2.19. The van der Waals surface area contributed by atoms with Crippen molar-refractivity contribution in [2.24, 2.45) is 0 Å². The molecule has 6 nitrogen and oxygen atoms in total. The first-order chi connectivity index (χ1) is 12.6. The number of pyridine rings is 1. The van der Waals surface area contributed by atoms with Crippen LogP contribution in [0.5, 0.6) is 0 Å². The standard InChI is InChI=1S/C19H18ClN5O/c1-25(10-7-14-5-8-21-9-6-14)19(26)17-12-18(23-13-22-17)24-16-4-2-3-15(20)11-16/h2-6,8-9,11-13H,7,10H2,1H3,(H,22,23,24). The molecule has 0 bridgehead atoms. The summed E-state index contributed by atoms with van der Waals surface area (Å²) in [5.74, 6) is 0.378. The molecule has 1 aromatic carbocycles. The zero-order chi connectivity index (χ0) is 18.4. The van der Waals surface area contributed by atoms with E-state index in [0.29, 0.717) is 23.1 Å². The highest BCUT2D eigenvalue weighted by molar-refractivity contribution is 6.30. The van der Waals surface area contributed by atoms with E-state index in [0.717, 1.165) is 17.7 Å². The minimum Gasteiger partial charge on any atom is -0.340 e. The second kappa shape index (κ2) is 8.40. The Morgan fingerprint density at radius 2 is 1.96 bits per heavy atom. The smallest absolute Gasteiger partial charge is 0.272 e. The normalized spacial score (nSPS) is 10.4. The maximum atomic E-state index is 12.6. The van der Waals surface area contributed by atoms with E-state index in [1.165, 1.54) is 6.33 Å². The SMILES string of the molecule is CN(CCc1ccncc1)C(=O)c1cc(Nc2cccc(Cl)c2)ncn1. The molecule has 132 valence electrons. The number of carbonyl (C=O) groups is 1. The van der Waals surface area contributed by atoms with E-state index < -0.39 is 0 Å². The summed E-state index contributed by atoms with van der Waals surface area (Å²) in [6, 6.07) is 12.8. The molecule has 0 saturated heterocycles. The third-order valence-electron chi connectivity index (χ3n) is 3.82. The minimum absolute atomic E-state index is 0.157. The number of nitrogens with one attached hydrogen (secondary N) is 1. The predicted molar refractivity (Wildman–Crippen MR) is 102 cm³/mol. The van der Waals surface area contributed by atoms with Crippen molar-refractivity contribution >= 4 is 29.0 Å². The van der Waals surface area contributed by atoms with Gasteiger partial charge in [-0.05, 0) is 42.3 Å². The van der Waals surface area contributed by atoms with E-state index in [9.17, 15) is 4.79 Å². The van der Waals surface area contributed by atoms with Gasteiger partial charge in [0.1, 0.15) is 17.8 Å². The van der Waals surface area contributed by atoms with Crippen molar-refractivity contribution in [3.8, 4) is 0 Å². The third kappa shape index (κ3) is 4.77. The molecule has 0 saturated carbocycles. The molecule has 3 rings (SSSR count). The average Bonchev–Trinajstić information content (AvgIpc) is 2.66. The first-order valence-electron chi connectivity index (χ1n) is 8.11. The van der Waals surface area contributed by atoms with Crippen LogP contribution in [0.25, 0.3) is 0 Å². The van der Waals surface area contributed by atoms with Crippen molar-refractivity contribution in [1.29, 1.82) is 0 Å². The molecule has 0 aliphatic heterocycles. The molecule has 1 amide bonds. The van der Waals surface area contributed by atoms with Crippen molar-refractivity contribution in [2.75, 3.05) is 18.9 Å². The van der Waals surface area contributed by atoms with Crippen LogP contribution in [0.1, 0.15) is 16.1 Å². The van der Waals surface area contributed by atoms with E-state index in [-0.39, 0.29) is 5.91 Å². The fourth-order valence-corrected chi connectivity index (χ4v) is 2.59. The Kier molecular flexibility index (Phi) is 5.76. The van der Waals surface area contributed by atoms with Gasteiger partial charge < -0.3 is 10.2 Å². The zero-order valence-corrected chi connectivity index (χ0v) is 15.0. The van der Waals surface area contributed by atoms with Gasteiger partial charge >= 0.3 is 0 Å². The Hall–Kier alpha value is -2.99. The van der Waals surface area contributed by atoms with Gasteiger partial charge in [-0.2, -0.15) is 0 Å². The molecule has 1 N–H and O–H groups in total. The molecular weight excluding hydrogens is 350 g/mol. The predicted octanol–water partition coefficient (Wildman–Crippen LogP) is 3.58. The van der Waals surface area contributed by atoms with Crippen molar-refractivity contribution < 1.29 is 4.79 Å². The van der Waals surface area contributed by atoms with Crippen LogP contribution < -0.4 is 5.32 Å². The lowest BCUT2D eigenvalue weighted by atomic mass is 10.2. The topological polar surface area (TPSA) is 71.0 Å². The van der Waals surface area contributed by atoms with E-state index in [2.05, 4.69) is 20.3 Å². The van der Waals surface area contributed by atoms with Gasteiger partial charge in [-0.15, -0.1) is 0 Å². The Morgan fingerprint density at radius 1 is 1.15 bits per heavy atom. The number of carbonyl (C=O) groups excluding carboxylic acids is 1. The van der Waals surface area contributed by atoms with Gasteiger partial charge in [0.2, 0.25) is 0 Å². The Bertz CT molecular complexity index is 888. The van der Waals surface area contributed by atoms with Crippen LogP contribution in [0, 0.1) is 0 Å². The number of anilines is 2. The average molecular weight is 368 g/mol. The van der Waals surface area contributed by atoms with Gasteiger partial charge in [0.15, 0.2) is 0 Å². The molecule has 0 fully saturated rings. The monoisotopic (exact) mass is 367 g/mol. The molecule has 7 heteroatoms. The maximum Gasteiger partial charge on any atom is 0.272 e. The third-order valence-corrected chi connectivity index (χ3v) is 4.05. The number of nitrogens with zero attached hydrogens (tertiary/aromatic N) is 4. The van der Waals surface area contributed by atoms with Crippen molar-refractivity contribution in [1.82, 2.24) is 19.9 Å². The lowest BCUT2D eigenvalue weighted by Crippen LogP contribution is -2.29. The quantitative estimate of drug-likeness (QED) is 0.721. The van der Waals surface area contributed by atoms with Crippen LogP contribution in [-0.2, 0) is 6.42 Å². The Balaban J connectivity index is 1.65. The highest BCUT2D eigenvalue weighted by Gasteiger charge is 2.14. The van der Waals surface area contributed by atoms with Gasteiger partial charge in [-0.25, -0.2) is 9.97 Å². The number of aromatic nitrogens is 3. The summed E-state index contributed by atoms with van der Waals surface area (Å²) < 4.78 is 0. The van der Waals surface area contributed by atoms with Crippen LogP contribution in [0.3, 0.4) is 0 Å². The molecule has 0 atom stereocenters. The molecule has 0 radical (unpaired) electrons. The molecular formula is C19H18ClN5O. The summed E-state index contributed by atoms with van der Waals surface area (Å²) >= 11 is 5.98. The number of likely N-dealkylation sites (N-methyl/N-ethyl adjacent to an activating group) is 1. The summed E-state index contributed by atoms with van der Waals surface area (Å²) in [7, 11) is 1.76. The minimum atomic E-state index is -0.157. The molecule has 0 spiro atoms. The summed E-state index contributed by atoms with van der Waals surface area (Å²) in [4.78, 5) is 26.5. The van der Waals surface area contributed by atoms with E-state index in [1.54, 1.807) is 42.5 Å². The Labute approximate surface area is 156 Å². The molecule has 2 aromatic heterocycles. The second-order valence-corrected chi connectivity index (χ2v) is 6.19. The molecule has 3 aromatic rings. The summed E-state index contributed by atoms with van der Waals surface area (Å²) in [5, 5.41) is 3.75. The first-order valence-corrected chi connectivity index (χ1v) is 8.48. The van der Waals surface area contributed by atoms with Crippen molar-refractivity contribution in [3.63, 3.8) is 0 Å². The summed E-state index contributed by atoms with van der Waals surface area (Å²) in [6.45, 7) is 0.587. The largest absolute Gasteiger partial charge is 0.340 e. The van der Waals surface area contributed by atoms with Crippen LogP contribution >= 0.6 is 11.6 Å². The van der Waals surface area contributed by atoms with Crippen molar-refractivity contribution in [2.45, 2.75) is 6.42 Å². The fourth-order valence-electron chi connectivity index (χ4n) is 2.40. The maximum absolute atomic E-state index is 12.6. The fraction of sp³-hybridized carbons (Fsp3) is 0.158. The van der Waals surface area contributed by atoms with Crippen LogP contribution in [0.2, 0.25) is 5.02 Å². The molecule has 2 heterocycles. The molecule has 0 unspecified atom stereocenters. The van der Waals surface area contributed by atoms with E-state index >= 15 is 0 Å². The Morgan fingerprint density at radius 3 is 2.73 bits per heavy atom. The number of hydrogen-bond acceptors (Lipinski definition) is 5. The first kappa shape index (κ1) is 17.8. The highest BCUT2D eigenvalue weighted by atomic mass is 35.5. The number of benzene rings is 1. The number of rotatable bonds is 6. The van der Waals surface area contributed by atoms with Gasteiger partial charge in [-0.1, -0.05) is 17.7 Å². The number of halogens is 1. The van der Waals surface area contributed by atoms with Crippen LogP contribution in [0.15, 0.2) is 61.2 Å². The van der Waals surface area contributed by atoms with E-state index in [4.69, 9.17) is 11.6 Å². The second-order valence-electron chi connectivity index (χ2n) is 5.76. The molecule has 0 aliphatic rings. The lowest BCUT2D eigenvalue weighted by Gasteiger charge is -2.17. The van der Waals surface area contributed by atoms with Crippen LogP contribution in [0.4, 0.5) is 11.5 Å². The van der Waals surface area contributed by atoms with Gasteiger partial charge in [-0.3, -0.25) is 9.78 Å². The molecule has 26 heavy (non-hydrogen) atoms. The van der Waals surface area contributed by atoms with Gasteiger partial charge in [0.05, 0.1) is 0 Å². The lowest BCUT2D eigenvalue weighted by molar-refractivity contribution is 0.0790. The summed E-state index contributed by atoms with van der Waals surface area (Å²) in [6.07, 6.45) is 5.62. The van der Waals surface area contributed by atoms with Gasteiger partial charge in [0, 0.05) is 42.8 Å². The zero-order valence-electron chi connectivity index (χ0n) is 14.3.